The van der Waals surface area contributed by atoms with Crippen molar-refractivity contribution < 1.29 is 13.2 Å². The number of hydrogen-bond acceptors (Lipinski definition) is 3. The molecule has 0 aliphatic heterocycles. The SMILES string of the molecule is Cc1ccc(Cl)cc1N(CC(=O)NCC1CCCCC1)S(C)(=O)=O. The summed E-state index contributed by atoms with van der Waals surface area (Å²) in [5.41, 5.74) is 1.20. The summed E-state index contributed by atoms with van der Waals surface area (Å²) in [6.45, 7) is 2.18. The van der Waals surface area contributed by atoms with E-state index in [0.29, 0.717) is 23.2 Å². The number of aryl methyl sites for hydroxylation is 1. The number of rotatable bonds is 6. The number of hydrogen-bond donors (Lipinski definition) is 1. The van der Waals surface area contributed by atoms with Crippen LogP contribution < -0.4 is 9.62 Å². The number of anilines is 1. The number of carbonyl (C=O) groups excluding carboxylic acids is 1. The number of nitrogens with one attached hydrogen (secondary N) is 1. The molecule has 1 fully saturated rings. The molecule has 24 heavy (non-hydrogen) atoms. The molecule has 0 spiro atoms. The minimum atomic E-state index is -3.58. The van der Waals surface area contributed by atoms with E-state index < -0.39 is 10.0 Å². The fraction of sp³-hybridized carbons (Fsp3) is 0.588. The van der Waals surface area contributed by atoms with Crippen molar-refractivity contribution in [3.05, 3.63) is 28.8 Å². The van der Waals surface area contributed by atoms with Crippen LogP contribution in [0.5, 0.6) is 0 Å². The number of halogens is 1. The van der Waals surface area contributed by atoms with Crippen LogP contribution in [0.15, 0.2) is 18.2 Å². The molecule has 1 aromatic rings. The highest BCUT2D eigenvalue weighted by molar-refractivity contribution is 7.92. The van der Waals surface area contributed by atoms with Gasteiger partial charge in [-0.3, -0.25) is 9.10 Å². The van der Waals surface area contributed by atoms with Crippen LogP contribution in [0, 0.1) is 12.8 Å². The first kappa shape index (κ1) is 19.1. The highest BCUT2D eigenvalue weighted by Crippen LogP contribution is 2.26. The molecule has 7 heteroatoms. The van der Waals surface area contributed by atoms with Gasteiger partial charge in [0.2, 0.25) is 15.9 Å². The molecule has 2 rings (SSSR count). The van der Waals surface area contributed by atoms with Crippen LogP contribution in [-0.2, 0) is 14.8 Å². The van der Waals surface area contributed by atoms with Crippen molar-refractivity contribution in [2.45, 2.75) is 39.0 Å². The summed E-state index contributed by atoms with van der Waals surface area (Å²) in [5.74, 6) is 0.215. The second-order valence-electron chi connectivity index (χ2n) is 6.51. The number of amides is 1. The molecule has 1 amide bonds. The Kier molecular flexibility index (Phi) is 6.52. The molecule has 1 aromatic carbocycles. The normalized spacial score (nSPS) is 16.0. The van der Waals surface area contributed by atoms with Gasteiger partial charge in [0.1, 0.15) is 6.54 Å². The fourth-order valence-electron chi connectivity index (χ4n) is 3.07. The summed E-state index contributed by atoms with van der Waals surface area (Å²) in [5, 5.41) is 3.32. The van der Waals surface area contributed by atoms with Crippen molar-refractivity contribution in [3.63, 3.8) is 0 Å². The van der Waals surface area contributed by atoms with Crippen molar-refractivity contribution in [2.75, 3.05) is 23.7 Å². The van der Waals surface area contributed by atoms with Crippen LogP contribution in [0.4, 0.5) is 5.69 Å². The van der Waals surface area contributed by atoms with Crippen molar-refractivity contribution in [1.29, 1.82) is 0 Å². The maximum absolute atomic E-state index is 12.3. The third kappa shape index (κ3) is 5.38. The van der Waals surface area contributed by atoms with E-state index >= 15 is 0 Å². The average Bonchev–Trinajstić information content (AvgIpc) is 2.53. The summed E-state index contributed by atoms with van der Waals surface area (Å²) in [7, 11) is -3.58. The fourth-order valence-corrected chi connectivity index (χ4v) is 4.14. The van der Waals surface area contributed by atoms with Gasteiger partial charge in [0.05, 0.1) is 11.9 Å². The summed E-state index contributed by atoms with van der Waals surface area (Å²) in [6, 6.07) is 5.02. The lowest BCUT2D eigenvalue weighted by atomic mass is 9.89. The Morgan fingerprint density at radius 3 is 2.58 bits per heavy atom. The van der Waals surface area contributed by atoms with Gasteiger partial charge in [-0.05, 0) is 43.4 Å². The van der Waals surface area contributed by atoms with Crippen molar-refractivity contribution in [3.8, 4) is 0 Å². The van der Waals surface area contributed by atoms with E-state index in [1.165, 1.54) is 19.3 Å². The van der Waals surface area contributed by atoms with E-state index in [-0.39, 0.29) is 12.5 Å². The van der Waals surface area contributed by atoms with Crippen LogP contribution in [0.2, 0.25) is 5.02 Å². The van der Waals surface area contributed by atoms with Gasteiger partial charge >= 0.3 is 0 Å². The minimum absolute atomic E-state index is 0.229. The maximum Gasteiger partial charge on any atom is 0.240 e. The minimum Gasteiger partial charge on any atom is -0.354 e. The van der Waals surface area contributed by atoms with Gasteiger partial charge in [-0.25, -0.2) is 8.42 Å². The molecule has 0 bridgehead atoms. The summed E-state index contributed by atoms with van der Waals surface area (Å²) >= 11 is 5.99. The zero-order valence-corrected chi connectivity index (χ0v) is 15.8. The van der Waals surface area contributed by atoms with Crippen molar-refractivity contribution in [1.82, 2.24) is 5.32 Å². The Morgan fingerprint density at radius 2 is 1.96 bits per heavy atom. The average molecular weight is 373 g/mol. The molecule has 0 heterocycles. The molecule has 1 N–H and O–H groups in total. The third-order valence-electron chi connectivity index (χ3n) is 4.44. The predicted molar refractivity (Wildman–Crippen MR) is 98.0 cm³/mol. The lowest BCUT2D eigenvalue weighted by Crippen LogP contribution is -2.42. The molecule has 1 saturated carbocycles. The van der Waals surface area contributed by atoms with Gasteiger partial charge in [0.15, 0.2) is 0 Å². The van der Waals surface area contributed by atoms with Crippen LogP contribution in [0.25, 0.3) is 0 Å². The molecule has 0 saturated heterocycles. The van der Waals surface area contributed by atoms with E-state index in [2.05, 4.69) is 5.32 Å². The molecule has 134 valence electrons. The van der Waals surface area contributed by atoms with Gasteiger partial charge in [0, 0.05) is 11.6 Å². The van der Waals surface area contributed by atoms with Crippen LogP contribution >= 0.6 is 11.6 Å². The number of sulfonamides is 1. The summed E-state index contributed by atoms with van der Waals surface area (Å²) in [4.78, 5) is 12.3. The highest BCUT2D eigenvalue weighted by Gasteiger charge is 2.23. The second-order valence-corrected chi connectivity index (χ2v) is 8.85. The molecular weight excluding hydrogens is 348 g/mol. The van der Waals surface area contributed by atoms with Crippen LogP contribution in [-0.4, -0.2) is 33.7 Å². The Hall–Kier alpha value is -1.27. The monoisotopic (exact) mass is 372 g/mol. The second kappa shape index (κ2) is 8.21. The molecule has 5 nitrogen and oxygen atoms in total. The standard InChI is InChI=1S/C17H25ClN2O3S/c1-13-8-9-15(18)10-16(13)20(24(2,22)23)12-17(21)19-11-14-6-4-3-5-7-14/h8-10,14H,3-7,11-12H2,1-2H3,(H,19,21). The molecular formula is C17H25ClN2O3S. The Bertz CT molecular complexity index is 685. The van der Waals surface area contributed by atoms with Crippen LogP contribution in [0.3, 0.4) is 0 Å². The third-order valence-corrected chi connectivity index (χ3v) is 5.80. The van der Waals surface area contributed by atoms with Crippen LogP contribution in [0.1, 0.15) is 37.7 Å². The zero-order valence-electron chi connectivity index (χ0n) is 14.2. The van der Waals surface area contributed by atoms with Gasteiger partial charge in [-0.15, -0.1) is 0 Å². The topological polar surface area (TPSA) is 66.5 Å². The molecule has 0 atom stereocenters. The Morgan fingerprint density at radius 1 is 1.29 bits per heavy atom. The largest absolute Gasteiger partial charge is 0.354 e. The lowest BCUT2D eigenvalue weighted by molar-refractivity contribution is -0.119. The molecule has 0 aromatic heterocycles. The van der Waals surface area contributed by atoms with Gasteiger partial charge in [-0.1, -0.05) is 36.9 Å². The Balaban J connectivity index is 2.06. The number of benzene rings is 1. The lowest BCUT2D eigenvalue weighted by Gasteiger charge is -2.25. The van der Waals surface area contributed by atoms with Gasteiger partial charge in [0.25, 0.3) is 0 Å². The van der Waals surface area contributed by atoms with Crippen molar-refractivity contribution in [2.24, 2.45) is 5.92 Å². The molecule has 0 unspecified atom stereocenters. The van der Waals surface area contributed by atoms with Crippen molar-refractivity contribution >= 4 is 33.2 Å². The first-order valence-electron chi connectivity index (χ1n) is 8.28. The molecule has 0 radical (unpaired) electrons. The number of carbonyl (C=O) groups is 1. The van der Waals surface area contributed by atoms with Gasteiger partial charge < -0.3 is 5.32 Å². The first-order chi connectivity index (χ1) is 11.3. The predicted octanol–water partition coefficient (Wildman–Crippen LogP) is 3.11. The summed E-state index contributed by atoms with van der Waals surface area (Å²) in [6.07, 6.45) is 7.03. The van der Waals surface area contributed by atoms with E-state index in [1.54, 1.807) is 25.1 Å². The smallest absolute Gasteiger partial charge is 0.240 e. The molecule has 1 aliphatic rings. The highest BCUT2D eigenvalue weighted by atomic mass is 35.5. The van der Waals surface area contributed by atoms with Gasteiger partial charge in [-0.2, -0.15) is 0 Å². The Labute approximate surface area is 149 Å². The van der Waals surface area contributed by atoms with E-state index in [1.807, 2.05) is 0 Å². The zero-order chi connectivity index (χ0) is 17.7. The van der Waals surface area contributed by atoms with E-state index in [9.17, 15) is 13.2 Å². The summed E-state index contributed by atoms with van der Waals surface area (Å²) < 4.78 is 25.4. The quantitative estimate of drug-likeness (QED) is 0.834. The number of nitrogens with zero attached hydrogens (tertiary/aromatic N) is 1. The van der Waals surface area contributed by atoms with E-state index in [0.717, 1.165) is 29.0 Å². The molecule has 1 aliphatic carbocycles. The maximum atomic E-state index is 12.3. The van der Waals surface area contributed by atoms with E-state index in [4.69, 9.17) is 11.6 Å². The first-order valence-corrected chi connectivity index (χ1v) is 10.5.